The minimum absolute atomic E-state index is 0.166. The normalized spacial score (nSPS) is 13.2. The SMILES string of the molecule is CNc1cc(C)c(S(=O)(=O)NCC(COC)OC)c(C)c1. The summed E-state index contributed by atoms with van der Waals surface area (Å²) in [5.41, 5.74) is 2.29. The fourth-order valence-electron chi connectivity index (χ4n) is 2.19. The standard InChI is InChI=1S/C14H24N2O4S/c1-10-6-12(15-3)7-11(2)14(10)21(17,18)16-8-13(20-5)9-19-4/h6-7,13,15-16H,8-9H2,1-5H3. The molecule has 21 heavy (non-hydrogen) atoms. The molecule has 0 saturated carbocycles. The molecule has 0 bridgehead atoms. The Balaban J connectivity index is 2.98. The van der Waals surface area contributed by atoms with Gasteiger partial charge >= 0.3 is 0 Å². The number of methoxy groups -OCH3 is 2. The summed E-state index contributed by atoms with van der Waals surface area (Å²) in [6, 6.07) is 3.62. The molecule has 1 unspecified atom stereocenters. The van der Waals surface area contributed by atoms with E-state index in [0.29, 0.717) is 22.6 Å². The Bertz CT molecular complexity index is 549. The van der Waals surface area contributed by atoms with Crippen LogP contribution in [0.5, 0.6) is 0 Å². The molecule has 0 aliphatic heterocycles. The highest BCUT2D eigenvalue weighted by Gasteiger charge is 2.21. The van der Waals surface area contributed by atoms with Crippen LogP contribution in [-0.2, 0) is 19.5 Å². The van der Waals surface area contributed by atoms with E-state index in [-0.39, 0.29) is 12.6 Å². The van der Waals surface area contributed by atoms with Gasteiger partial charge in [-0.1, -0.05) is 0 Å². The third kappa shape index (κ3) is 4.67. The van der Waals surface area contributed by atoms with Crippen LogP contribution in [0.3, 0.4) is 0 Å². The molecule has 0 spiro atoms. The molecule has 6 nitrogen and oxygen atoms in total. The monoisotopic (exact) mass is 316 g/mol. The molecule has 0 radical (unpaired) electrons. The Morgan fingerprint density at radius 1 is 1.19 bits per heavy atom. The fourth-order valence-corrected chi connectivity index (χ4v) is 3.70. The van der Waals surface area contributed by atoms with Gasteiger partial charge in [-0.2, -0.15) is 0 Å². The Labute approximate surface area is 126 Å². The van der Waals surface area contributed by atoms with Crippen molar-refractivity contribution in [3.05, 3.63) is 23.3 Å². The van der Waals surface area contributed by atoms with E-state index in [1.807, 2.05) is 12.1 Å². The summed E-state index contributed by atoms with van der Waals surface area (Å²) in [5.74, 6) is 0. The first-order chi connectivity index (χ1) is 9.85. The van der Waals surface area contributed by atoms with Gasteiger partial charge in [-0.15, -0.1) is 0 Å². The predicted octanol–water partition coefficient (Wildman–Crippen LogP) is 1.28. The number of hydrogen-bond donors (Lipinski definition) is 2. The summed E-state index contributed by atoms with van der Waals surface area (Å²) < 4.78 is 37.6. The Hall–Kier alpha value is -1.15. The van der Waals surface area contributed by atoms with Crippen molar-refractivity contribution < 1.29 is 17.9 Å². The van der Waals surface area contributed by atoms with Gasteiger partial charge in [0, 0.05) is 33.5 Å². The van der Waals surface area contributed by atoms with Crippen molar-refractivity contribution in [3.63, 3.8) is 0 Å². The molecule has 0 heterocycles. The number of sulfonamides is 1. The molecule has 2 N–H and O–H groups in total. The van der Waals surface area contributed by atoms with E-state index in [1.54, 1.807) is 28.0 Å². The van der Waals surface area contributed by atoms with Crippen LogP contribution in [0.1, 0.15) is 11.1 Å². The van der Waals surface area contributed by atoms with E-state index in [2.05, 4.69) is 10.0 Å². The first kappa shape index (κ1) is 17.9. The van der Waals surface area contributed by atoms with Crippen molar-refractivity contribution in [2.75, 3.05) is 39.7 Å². The molecule has 1 aromatic rings. The summed E-state index contributed by atoms with van der Waals surface area (Å²) in [4.78, 5) is 0.314. The lowest BCUT2D eigenvalue weighted by Crippen LogP contribution is -2.36. The van der Waals surface area contributed by atoms with Crippen molar-refractivity contribution in [1.29, 1.82) is 0 Å². The molecule has 1 aromatic carbocycles. The lowest BCUT2D eigenvalue weighted by Gasteiger charge is -2.17. The summed E-state index contributed by atoms with van der Waals surface area (Å²) in [6.45, 7) is 4.06. The van der Waals surface area contributed by atoms with E-state index < -0.39 is 10.0 Å². The zero-order valence-corrected chi connectivity index (χ0v) is 14.0. The fraction of sp³-hybridized carbons (Fsp3) is 0.571. The van der Waals surface area contributed by atoms with E-state index in [4.69, 9.17) is 9.47 Å². The van der Waals surface area contributed by atoms with Crippen molar-refractivity contribution in [3.8, 4) is 0 Å². The molecule has 1 atom stereocenters. The van der Waals surface area contributed by atoms with Gasteiger partial charge in [-0.25, -0.2) is 13.1 Å². The zero-order chi connectivity index (χ0) is 16.0. The second-order valence-electron chi connectivity index (χ2n) is 4.85. The van der Waals surface area contributed by atoms with Crippen LogP contribution in [-0.4, -0.2) is 48.9 Å². The van der Waals surface area contributed by atoms with E-state index in [1.165, 1.54) is 7.11 Å². The average molecular weight is 316 g/mol. The zero-order valence-electron chi connectivity index (χ0n) is 13.2. The highest BCUT2D eigenvalue weighted by atomic mass is 32.2. The minimum Gasteiger partial charge on any atom is -0.388 e. The molecule has 0 saturated heterocycles. The highest BCUT2D eigenvalue weighted by Crippen LogP contribution is 2.24. The van der Waals surface area contributed by atoms with E-state index in [9.17, 15) is 8.42 Å². The maximum Gasteiger partial charge on any atom is 0.241 e. The van der Waals surface area contributed by atoms with Crippen molar-refractivity contribution in [2.24, 2.45) is 0 Å². The Morgan fingerprint density at radius 2 is 1.76 bits per heavy atom. The number of anilines is 1. The van der Waals surface area contributed by atoms with Gasteiger partial charge in [0.1, 0.15) is 0 Å². The van der Waals surface area contributed by atoms with Crippen LogP contribution >= 0.6 is 0 Å². The van der Waals surface area contributed by atoms with Crippen LogP contribution in [0.25, 0.3) is 0 Å². The second kappa shape index (κ2) is 7.74. The minimum atomic E-state index is -3.58. The van der Waals surface area contributed by atoms with E-state index >= 15 is 0 Å². The number of ether oxygens (including phenoxy) is 2. The third-order valence-electron chi connectivity index (χ3n) is 3.20. The molecule has 0 aromatic heterocycles. The molecule has 0 fully saturated rings. The lowest BCUT2D eigenvalue weighted by atomic mass is 10.1. The molecule has 0 amide bonds. The quantitative estimate of drug-likeness (QED) is 0.755. The first-order valence-corrected chi connectivity index (χ1v) is 8.14. The van der Waals surface area contributed by atoms with Gasteiger partial charge < -0.3 is 14.8 Å². The molecule has 0 aliphatic rings. The molecule has 0 aliphatic carbocycles. The van der Waals surface area contributed by atoms with Gasteiger partial charge in [-0.05, 0) is 37.1 Å². The molecule has 1 rings (SSSR count). The van der Waals surface area contributed by atoms with Crippen molar-refractivity contribution in [1.82, 2.24) is 4.72 Å². The van der Waals surface area contributed by atoms with Crippen LogP contribution in [0.4, 0.5) is 5.69 Å². The van der Waals surface area contributed by atoms with Crippen LogP contribution in [0.2, 0.25) is 0 Å². The third-order valence-corrected chi connectivity index (χ3v) is 4.93. The smallest absolute Gasteiger partial charge is 0.241 e. The largest absolute Gasteiger partial charge is 0.388 e. The van der Waals surface area contributed by atoms with Gasteiger partial charge in [0.15, 0.2) is 0 Å². The topological polar surface area (TPSA) is 76.7 Å². The van der Waals surface area contributed by atoms with Crippen LogP contribution in [0, 0.1) is 13.8 Å². The van der Waals surface area contributed by atoms with Crippen LogP contribution < -0.4 is 10.0 Å². The van der Waals surface area contributed by atoms with Gasteiger partial charge in [-0.3, -0.25) is 0 Å². The second-order valence-corrected chi connectivity index (χ2v) is 6.56. The van der Waals surface area contributed by atoms with E-state index in [0.717, 1.165) is 5.69 Å². The first-order valence-electron chi connectivity index (χ1n) is 6.66. The van der Waals surface area contributed by atoms with Crippen molar-refractivity contribution in [2.45, 2.75) is 24.8 Å². The summed E-state index contributed by atoms with van der Waals surface area (Å²) in [6.07, 6.45) is -0.318. The highest BCUT2D eigenvalue weighted by molar-refractivity contribution is 7.89. The number of rotatable bonds is 8. The van der Waals surface area contributed by atoms with Crippen LogP contribution in [0.15, 0.2) is 17.0 Å². The molecular weight excluding hydrogens is 292 g/mol. The summed E-state index contributed by atoms with van der Waals surface area (Å²) >= 11 is 0. The van der Waals surface area contributed by atoms with Gasteiger partial charge in [0.25, 0.3) is 0 Å². The van der Waals surface area contributed by atoms with Gasteiger partial charge in [0.2, 0.25) is 10.0 Å². The maximum atomic E-state index is 12.5. The lowest BCUT2D eigenvalue weighted by molar-refractivity contribution is 0.0320. The maximum absolute atomic E-state index is 12.5. The van der Waals surface area contributed by atoms with Gasteiger partial charge in [0.05, 0.1) is 17.6 Å². The molecule has 120 valence electrons. The Morgan fingerprint density at radius 3 is 2.19 bits per heavy atom. The Kier molecular flexibility index (Phi) is 6.60. The molecular formula is C14H24N2O4S. The average Bonchev–Trinajstić information content (AvgIpc) is 2.42. The summed E-state index contributed by atoms with van der Waals surface area (Å²) in [7, 11) is 1.29. The number of aryl methyl sites for hydroxylation is 2. The van der Waals surface area contributed by atoms with Crippen molar-refractivity contribution >= 4 is 15.7 Å². The number of hydrogen-bond acceptors (Lipinski definition) is 5. The predicted molar refractivity (Wildman–Crippen MR) is 83.3 cm³/mol. The number of nitrogens with one attached hydrogen (secondary N) is 2. The molecule has 7 heteroatoms. The number of benzene rings is 1. The summed E-state index contributed by atoms with van der Waals surface area (Å²) in [5, 5.41) is 3.01.